The predicted molar refractivity (Wildman–Crippen MR) is 113 cm³/mol. The molecule has 2 atom stereocenters. The van der Waals surface area contributed by atoms with Crippen LogP contribution in [0.5, 0.6) is 0 Å². The van der Waals surface area contributed by atoms with E-state index in [1.54, 1.807) is 11.8 Å². The van der Waals surface area contributed by atoms with E-state index in [2.05, 4.69) is 35.3 Å². The molecule has 0 saturated carbocycles. The van der Waals surface area contributed by atoms with Gasteiger partial charge in [0.1, 0.15) is 0 Å². The molecule has 6 heteroatoms. The van der Waals surface area contributed by atoms with Gasteiger partial charge in [0.05, 0.1) is 12.5 Å². The van der Waals surface area contributed by atoms with E-state index in [1.807, 2.05) is 6.07 Å². The first-order valence-electron chi connectivity index (χ1n) is 11.1. The fourth-order valence-electron chi connectivity index (χ4n) is 4.39. The van der Waals surface area contributed by atoms with E-state index in [-0.39, 0.29) is 17.9 Å². The van der Waals surface area contributed by atoms with Crippen molar-refractivity contribution < 1.29 is 14.3 Å². The van der Waals surface area contributed by atoms with Gasteiger partial charge in [0.25, 0.3) is 0 Å². The van der Waals surface area contributed by atoms with E-state index < -0.39 is 0 Å². The number of rotatable bonds is 6. The zero-order chi connectivity index (χ0) is 20.6. The molecule has 2 heterocycles. The highest BCUT2D eigenvalue weighted by atomic mass is 16.6. The van der Waals surface area contributed by atoms with Crippen molar-refractivity contribution in [1.82, 2.24) is 15.1 Å². The lowest BCUT2D eigenvalue weighted by atomic mass is 9.97. The van der Waals surface area contributed by atoms with Crippen molar-refractivity contribution in [3.8, 4) is 0 Å². The third kappa shape index (κ3) is 5.95. The Morgan fingerprint density at radius 2 is 1.90 bits per heavy atom. The Bertz CT molecular complexity index is 694. The van der Waals surface area contributed by atoms with Gasteiger partial charge in [0, 0.05) is 32.2 Å². The van der Waals surface area contributed by atoms with Gasteiger partial charge in [-0.25, -0.2) is 4.79 Å². The zero-order valence-electron chi connectivity index (χ0n) is 17.9. The van der Waals surface area contributed by atoms with Gasteiger partial charge in [-0.3, -0.25) is 9.69 Å². The van der Waals surface area contributed by atoms with Gasteiger partial charge in [0.15, 0.2) is 0 Å². The third-order valence-electron chi connectivity index (χ3n) is 6.20. The van der Waals surface area contributed by atoms with E-state index in [0.717, 1.165) is 25.9 Å². The summed E-state index contributed by atoms with van der Waals surface area (Å²) in [5.41, 5.74) is 2.47. The molecule has 1 N–H and O–H groups in total. The predicted octanol–water partition coefficient (Wildman–Crippen LogP) is 3.55. The highest BCUT2D eigenvalue weighted by Gasteiger charge is 2.29. The molecule has 3 rings (SSSR count). The summed E-state index contributed by atoms with van der Waals surface area (Å²) in [5.74, 6) is -0.137. The van der Waals surface area contributed by atoms with Crippen molar-refractivity contribution in [2.45, 2.75) is 65.1 Å². The van der Waals surface area contributed by atoms with Crippen molar-refractivity contribution in [3.63, 3.8) is 0 Å². The Balaban J connectivity index is 1.55. The largest absolute Gasteiger partial charge is 0.450 e. The molecule has 0 bridgehead atoms. The number of ether oxygens (including phenoxy) is 1. The van der Waals surface area contributed by atoms with Crippen LogP contribution >= 0.6 is 0 Å². The summed E-state index contributed by atoms with van der Waals surface area (Å²) in [5, 5.41) is 3.11. The van der Waals surface area contributed by atoms with Gasteiger partial charge in [-0.2, -0.15) is 0 Å². The van der Waals surface area contributed by atoms with E-state index in [4.69, 9.17) is 4.74 Å². The number of carbonyl (C=O) groups excluding carboxylic acids is 2. The SMILES string of the molecule is CCOC(=O)N1CCCC(C(=O)NCc2ccccc2CN2CCCCC2C)C1. The monoisotopic (exact) mass is 401 g/mol. The Labute approximate surface area is 174 Å². The summed E-state index contributed by atoms with van der Waals surface area (Å²) < 4.78 is 5.09. The maximum Gasteiger partial charge on any atom is 0.409 e. The molecule has 1 aromatic carbocycles. The van der Waals surface area contributed by atoms with Crippen molar-refractivity contribution in [2.24, 2.45) is 5.92 Å². The second kappa shape index (κ2) is 10.6. The molecule has 0 spiro atoms. The molecule has 2 aliphatic heterocycles. The molecule has 2 aliphatic rings. The lowest BCUT2D eigenvalue weighted by Crippen LogP contribution is -2.45. The van der Waals surface area contributed by atoms with Crippen molar-refractivity contribution in [3.05, 3.63) is 35.4 Å². The molecular weight excluding hydrogens is 366 g/mol. The third-order valence-corrected chi connectivity index (χ3v) is 6.20. The maximum atomic E-state index is 12.8. The van der Waals surface area contributed by atoms with Gasteiger partial charge in [-0.05, 0) is 57.2 Å². The van der Waals surface area contributed by atoms with Crippen LogP contribution in [0.25, 0.3) is 0 Å². The second-order valence-corrected chi connectivity index (χ2v) is 8.29. The van der Waals surface area contributed by atoms with Gasteiger partial charge in [-0.15, -0.1) is 0 Å². The second-order valence-electron chi connectivity index (χ2n) is 8.29. The van der Waals surface area contributed by atoms with Gasteiger partial charge in [0.2, 0.25) is 5.91 Å². The average molecular weight is 402 g/mol. The molecular formula is C23H35N3O3. The number of hydrogen-bond donors (Lipinski definition) is 1. The average Bonchev–Trinajstić information content (AvgIpc) is 2.75. The molecule has 0 aliphatic carbocycles. The van der Waals surface area contributed by atoms with E-state index >= 15 is 0 Å². The summed E-state index contributed by atoms with van der Waals surface area (Å²) >= 11 is 0. The number of amides is 2. The van der Waals surface area contributed by atoms with Gasteiger partial charge >= 0.3 is 6.09 Å². The number of hydrogen-bond acceptors (Lipinski definition) is 4. The summed E-state index contributed by atoms with van der Waals surface area (Å²) in [4.78, 5) is 28.9. The van der Waals surface area contributed by atoms with E-state index in [0.29, 0.717) is 32.3 Å². The number of likely N-dealkylation sites (tertiary alicyclic amines) is 2. The lowest BCUT2D eigenvalue weighted by Gasteiger charge is -2.34. The number of nitrogens with zero attached hydrogens (tertiary/aromatic N) is 2. The first-order chi connectivity index (χ1) is 14.1. The fourth-order valence-corrected chi connectivity index (χ4v) is 4.39. The molecule has 0 radical (unpaired) electrons. The molecule has 2 unspecified atom stereocenters. The Hall–Kier alpha value is -2.08. The zero-order valence-corrected chi connectivity index (χ0v) is 17.9. The molecule has 29 heavy (non-hydrogen) atoms. The smallest absolute Gasteiger partial charge is 0.409 e. The number of benzene rings is 1. The van der Waals surface area contributed by atoms with Crippen molar-refractivity contribution in [1.29, 1.82) is 0 Å². The standard InChI is InChI=1S/C23H35N3O3/c1-3-29-23(28)26-14-8-12-21(17-26)22(27)24-15-19-10-4-5-11-20(19)16-25-13-7-6-9-18(25)2/h4-5,10-11,18,21H,3,6-9,12-17H2,1-2H3,(H,24,27). The Morgan fingerprint density at radius 1 is 1.10 bits per heavy atom. The summed E-state index contributed by atoms with van der Waals surface area (Å²) in [6, 6.07) is 9.01. The minimum Gasteiger partial charge on any atom is -0.450 e. The number of piperidine rings is 2. The minimum absolute atomic E-state index is 0.0279. The van der Waals surface area contributed by atoms with Crippen LogP contribution in [0.4, 0.5) is 4.79 Å². The fraction of sp³-hybridized carbons (Fsp3) is 0.652. The first kappa shape index (κ1) is 21.6. The van der Waals surface area contributed by atoms with E-state index in [1.165, 1.54) is 30.4 Å². The van der Waals surface area contributed by atoms with Crippen LogP contribution < -0.4 is 5.32 Å². The van der Waals surface area contributed by atoms with Gasteiger partial charge < -0.3 is 15.0 Å². The van der Waals surface area contributed by atoms with Crippen molar-refractivity contribution >= 4 is 12.0 Å². The maximum absolute atomic E-state index is 12.8. The first-order valence-corrected chi connectivity index (χ1v) is 11.1. The van der Waals surface area contributed by atoms with Crippen LogP contribution in [0.3, 0.4) is 0 Å². The van der Waals surface area contributed by atoms with Crippen LogP contribution in [0.15, 0.2) is 24.3 Å². The normalized spacial score (nSPS) is 22.9. The summed E-state index contributed by atoms with van der Waals surface area (Å²) in [6.45, 7) is 8.19. The quantitative estimate of drug-likeness (QED) is 0.792. The van der Waals surface area contributed by atoms with Crippen molar-refractivity contribution in [2.75, 3.05) is 26.2 Å². The van der Waals surface area contributed by atoms with Crippen LogP contribution in [0.1, 0.15) is 57.1 Å². The molecule has 2 saturated heterocycles. The molecule has 2 amide bonds. The Morgan fingerprint density at radius 3 is 2.66 bits per heavy atom. The highest BCUT2D eigenvalue weighted by molar-refractivity contribution is 5.80. The van der Waals surface area contributed by atoms with E-state index in [9.17, 15) is 9.59 Å². The molecule has 0 aromatic heterocycles. The Kier molecular flexibility index (Phi) is 7.92. The summed E-state index contributed by atoms with van der Waals surface area (Å²) in [7, 11) is 0. The molecule has 160 valence electrons. The van der Waals surface area contributed by atoms with Crippen LogP contribution in [0, 0.1) is 5.92 Å². The summed E-state index contributed by atoms with van der Waals surface area (Å²) in [6.07, 6.45) is 5.18. The van der Waals surface area contributed by atoms with Crippen LogP contribution in [0.2, 0.25) is 0 Å². The van der Waals surface area contributed by atoms with Crippen LogP contribution in [-0.2, 0) is 22.6 Å². The van der Waals surface area contributed by atoms with Crippen LogP contribution in [-0.4, -0.2) is 54.1 Å². The molecule has 1 aromatic rings. The minimum atomic E-state index is -0.314. The number of carbonyl (C=O) groups is 2. The highest BCUT2D eigenvalue weighted by Crippen LogP contribution is 2.21. The molecule has 6 nitrogen and oxygen atoms in total. The number of nitrogens with one attached hydrogen (secondary N) is 1. The topological polar surface area (TPSA) is 61.9 Å². The molecule has 2 fully saturated rings. The lowest BCUT2D eigenvalue weighted by molar-refractivity contribution is -0.126. The van der Waals surface area contributed by atoms with Gasteiger partial charge in [-0.1, -0.05) is 30.7 Å².